The first kappa shape index (κ1) is 26.3. The van der Waals surface area contributed by atoms with Gasteiger partial charge in [0.15, 0.2) is 0 Å². The molecule has 0 aliphatic rings. The molecule has 1 amide bonds. The van der Waals surface area contributed by atoms with E-state index in [0.717, 1.165) is 41.5 Å². The molecule has 1 heterocycles. The minimum atomic E-state index is -0.971. The Labute approximate surface area is 208 Å². The van der Waals surface area contributed by atoms with Crippen molar-refractivity contribution in [2.45, 2.75) is 59.9 Å². The Morgan fingerprint density at radius 1 is 1.06 bits per heavy atom. The predicted octanol–water partition coefficient (Wildman–Crippen LogP) is 5.69. The van der Waals surface area contributed by atoms with Crippen molar-refractivity contribution in [1.82, 2.24) is 9.88 Å². The number of ether oxygens (including phenoxy) is 1. The molecule has 1 aromatic heterocycles. The second-order valence-corrected chi connectivity index (χ2v) is 9.55. The van der Waals surface area contributed by atoms with E-state index in [1.54, 1.807) is 19.2 Å². The van der Waals surface area contributed by atoms with Gasteiger partial charge < -0.3 is 19.7 Å². The molecule has 1 atom stereocenters. The van der Waals surface area contributed by atoms with Crippen LogP contribution < -0.4 is 10.1 Å². The van der Waals surface area contributed by atoms with Gasteiger partial charge in [-0.15, -0.1) is 0 Å². The summed E-state index contributed by atoms with van der Waals surface area (Å²) in [4.78, 5) is 24.2. The van der Waals surface area contributed by atoms with E-state index in [1.807, 2.05) is 6.07 Å². The molecule has 35 heavy (non-hydrogen) atoms. The third-order valence-corrected chi connectivity index (χ3v) is 6.55. The number of amides is 1. The van der Waals surface area contributed by atoms with Crippen LogP contribution in [0.15, 0.2) is 42.6 Å². The van der Waals surface area contributed by atoms with Crippen molar-refractivity contribution in [3.63, 3.8) is 0 Å². The van der Waals surface area contributed by atoms with Gasteiger partial charge in [0.25, 0.3) is 0 Å². The Hall–Kier alpha value is -3.28. The number of benzene rings is 2. The minimum Gasteiger partial charge on any atom is -0.496 e. The van der Waals surface area contributed by atoms with Gasteiger partial charge in [0.2, 0.25) is 5.91 Å². The predicted molar refractivity (Wildman–Crippen MR) is 140 cm³/mol. The Balaban J connectivity index is 1.99. The fraction of sp³-hybridized carbons (Fsp3) is 0.448. The normalized spacial score (nSPS) is 12.2. The van der Waals surface area contributed by atoms with Gasteiger partial charge >= 0.3 is 5.97 Å². The van der Waals surface area contributed by atoms with Crippen molar-refractivity contribution >= 4 is 22.8 Å². The van der Waals surface area contributed by atoms with Gasteiger partial charge in [0.05, 0.1) is 12.7 Å². The summed E-state index contributed by atoms with van der Waals surface area (Å²) in [5.74, 6) is -0.117. The van der Waals surface area contributed by atoms with Gasteiger partial charge in [0, 0.05) is 42.5 Å². The van der Waals surface area contributed by atoms with Gasteiger partial charge in [-0.05, 0) is 66.1 Å². The zero-order valence-electron chi connectivity index (χ0n) is 21.6. The van der Waals surface area contributed by atoms with Gasteiger partial charge in [-0.2, -0.15) is 0 Å². The number of aromatic carboxylic acids is 1. The average Bonchev–Trinajstić information content (AvgIpc) is 3.17. The number of fused-ring (bicyclic) bond motifs is 1. The van der Waals surface area contributed by atoms with Crippen molar-refractivity contribution in [1.29, 1.82) is 0 Å². The summed E-state index contributed by atoms with van der Waals surface area (Å²) in [5.41, 5.74) is 4.63. The van der Waals surface area contributed by atoms with E-state index < -0.39 is 5.97 Å². The van der Waals surface area contributed by atoms with Gasteiger partial charge in [-0.1, -0.05) is 39.8 Å². The summed E-state index contributed by atoms with van der Waals surface area (Å²) in [6.45, 7) is 10.0. The molecule has 0 bridgehead atoms. The summed E-state index contributed by atoms with van der Waals surface area (Å²) in [6.07, 6.45) is 5.46. The zero-order valence-corrected chi connectivity index (χ0v) is 21.6. The van der Waals surface area contributed by atoms with Crippen LogP contribution in [-0.2, 0) is 24.2 Å². The molecule has 2 N–H and O–H groups in total. The summed E-state index contributed by atoms with van der Waals surface area (Å²) < 4.78 is 7.80. The number of aromatic nitrogens is 1. The van der Waals surface area contributed by atoms with Crippen molar-refractivity contribution in [3.05, 3.63) is 64.8 Å². The van der Waals surface area contributed by atoms with E-state index in [9.17, 15) is 14.7 Å². The lowest BCUT2D eigenvalue weighted by atomic mass is 9.87. The number of carbonyl (C=O) groups is 2. The number of aryl methyl sites for hydroxylation is 1. The number of nitrogens with one attached hydrogen (secondary N) is 1. The average molecular weight is 479 g/mol. The number of nitrogens with zero attached hydrogens (tertiary/aromatic N) is 1. The molecule has 0 spiro atoms. The van der Waals surface area contributed by atoms with E-state index in [2.05, 4.69) is 62.0 Å². The molecule has 6 heteroatoms. The van der Waals surface area contributed by atoms with Crippen LogP contribution in [0.1, 0.15) is 67.6 Å². The van der Waals surface area contributed by atoms with Crippen LogP contribution in [0.2, 0.25) is 0 Å². The number of hydrogen-bond acceptors (Lipinski definition) is 3. The van der Waals surface area contributed by atoms with E-state index in [0.29, 0.717) is 25.1 Å². The second kappa shape index (κ2) is 11.9. The van der Waals surface area contributed by atoms with Crippen LogP contribution in [-0.4, -0.2) is 35.2 Å². The van der Waals surface area contributed by atoms with E-state index in [1.165, 1.54) is 5.52 Å². The lowest BCUT2D eigenvalue weighted by molar-refractivity contribution is -0.126. The highest BCUT2D eigenvalue weighted by Crippen LogP contribution is 2.30. The van der Waals surface area contributed by atoms with Crippen molar-refractivity contribution in [3.8, 4) is 5.75 Å². The van der Waals surface area contributed by atoms with Crippen molar-refractivity contribution < 1.29 is 19.4 Å². The summed E-state index contributed by atoms with van der Waals surface area (Å²) in [6, 6.07) is 11.6. The lowest BCUT2D eigenvalue weighted by Crippen LogP contribution is -2.35. The molecule has 3 rings (SSSR count). The smallest absolute Gasteiger partial charge is 0.335 e. The molecule has 6 nitrogen and oxygen atoms in total. The maximum Gasteiger partial charge on any atom is 0.335 e. The SMILES string of the molecule is CCCNC(=O)C(Cc1ccc2c(c1)c(Cc1ccc(C(=O)O)cc1OC)cn2CCC)C(C)C. The Kier molecular flexibility index (Phi) is 8.96. The Morgan fingerprint density at radius 2 is 1.83 bits per heavy atom. The van der Waals surface area contributed by atoms with E-state index >= 15 is 0 Å². The van der Waals surface area contributed by atoms with Crippen LogP contribution in [0.5, 0.6) is 5.75 Å². The standard InChI is InChI=1S/C29H38N2O4/c1-6-12-30-28(32)24(19(3)4)14-20-8-11-26-25(15-20)23(18-31(26)13-7-2)16-21-9-10-22(29(33)34)17-27(21)35-5/h8-11,15,17-19,24H,6-7,12-14,16H2,1-5H3,(H,30,32)(H,33,34). The summed E-state index contributed by atoms with van der Waals surface area (Å²) in [5, 5.41) is 13.6. The molecule has 0 aliphatic heterocycles. The molecule has 3 aromatic rings. The zero-order chi connectivity index (χ0) is 25.5. The number of rotatable bonds is 12. The highest BCUT2D eigenvalue weighted by molar-refractivity contribution is 5.89. The quantitative estimate of drug-likeness (QED) is 0.350. The highest BCUT2D eigenvalue weighted by Gasteiger charge is 2.23. The second-order valence-electron chi connectivity index (χ2n) is 9.55. The van der Waals surface area contributed by atoms with E-state index in [4.69, 9.17) is 4.74 Å². The van der Waals surface area contributed by atoms with Crippen molar-refractivity contribution in [2.75, 3.05) is 13.7 Å². The summed E-state index contributed by atoms with van der Waals surface area (Å²) in [7, 11) is 1.57. The van der Waals surface area contributed by atoms with Gasteiger partial charge in [-0.3, -0.25) is 4.79 Å². The maximum atomic E-state index is 12.8. The Bertz CT molecular complexity index is 1180. The maximum absolute atomic E-state index is 12.8. The molecule has 188 valence electrons. The third kappa shape index (κ3) is 6.24. The van der Waals surface area contributed by atoms with Crippen LogP contribution in [0.3, 0.4) is 0 Å². The molecule has 0 fully saturated rings. The van der Waals surface area contributed by atoms with Crippen molar-refractivity contribution in [2.24, 2.45) is 11.8 Å². The molecule has 0 aliphatic carbocycles. The topological polar surface area (TPSA) is 80.6 Å². The van der Waals surface area contributed by atoms with Crippen LogP contribution in [0.4, 0.5) is 0 Å². The number of carbonyl (C=O) groups excluding carboxylic acids is 1. The first-order valence-electron chi connectivity index (χ1n) is 12.6. The number of methoxy groups -OCH3 is 1. The van der Waals surface area contributed by atoms with Crippen LogP contribution >= 0.6 is 0 Å². The minimum absolute atomic E-state index is 0.0798. The lowest BCUT2D eigenvalue weighted by Gasteiger charge is -2.20. The first-order valence-corrected chi connectivity index (χ1v) is 12.6. The number of hydrogen-bond donors (Lipinski definition) is 2. The van der Waals surface area contributed by atoms with Crippen LogP contribution in [0, 0.1) is 11.8 Å². The van der Waals surface area contributed by atoms with Gasteiger partial charge in [-0.25, -0.2) is 4.79 Å². The number of carboxylic acids is 1. The van der Waals surface area contributed by atoms with Crippen LogP contribution in [0.25, 0.3) is 10.9 Å². The molecular weight excluding hydrogens is 440 g/mol. The summed E-state index contributed by atoms with van der Waals surface area (Å²) >= 11 is 0. The molecular formula is C29H38N2O4. The molecule has 0 saturated heterocycles. The third-order valence-electron chi connectivity index (χ3n) is 6.55. The fourth-order valence-electron chi connectivity index (χ4n) is 4.60. The Morgan fingerprint density at radius 3 is 2.46 bits per heavy atom. The fourth-order valence-corrected chi connectivity index (χ4v) is 4.60. The molecule has 0 radical (unpaired) electrons. The van der Waals surface area contributed by atoms with Gasteiger partial charge in [0.1, 0.15) is 5.75 Å². The van der Waals surface area contributed by atoms with E-state index in [-0.39, 0.29) is 23.3 Å². The molecule has 1 unspecified atom stereocenters. The monoisotopic (exact) mass is 478 g/mol. The molecule has 0 saturated carbocycles. The number of carboxylic acid groups (broad SMARTS) is 1. The largest absolute Gasteiger partial charge is 0.496 e. The first-order chi connectivity index (χ1) is 16.8. The highest BCUT2D eigenvalue weighted by atomic mass is 16.5. The molecule has 2 aromatic carbocycles.